The van der Waals surface area contributed by atoms with Gasteiger partial charge < -0.3 is 0 Å². The fraction of sp³-hybridized carbons (Fsp3) is 0.500. The monoisotopic (exact) mass is 304 g/mol. The molecule has 21 heavy (non-hydrogen) atoms. The molecule has 1 aromatic carbocycles. The van der Waals surface area contributed by atoms with Crippen molar-refractivity contribution < 1.29 is 9.59 Å². The van der Waals surface area contributed by atoms with E-state index in [4.69, 9.17) is 0 Å². The summed E-state index contributed by atoms with van der Waals surface area (Å²) >= 11 is 1.68. The minimum absolute atomic E-state index is 0.119. The molecule has 2 saturated heterocycles. The van der Waals surface area contributed by atoms with Gasteiger partial charge in [-0.05, 0) is 46.8 Å². The molecule has 0 radical (unpaired) electrons. The van der Waals surface area contributed by atoms with Gasteiger partial charge in [0.05, 0.1) is 10.6 Å². The molecule has 0 N–H and O–H groups in total. The number of rotatable bonds is 1. The first-order valence-corrected chi connectivity index (χ1v) is 7.91. The molecule has 112 valence electrons. The third-order valence-electron chi connectivity index (χ3n) is 4.15. The van der Waals surface area contributed by atoms with Crippen molar-refractivity contribution in [2.45, 2.75) is 50.3 Å². The zero-order valence-corrected chi connectivity index (χ0v) is 13.8. The average Bonchev–Trinajstić information content (AvgIpc) is 2.73. The number of hydrogen-bond donors (Lipinski definition) is 0. The van der Waals surface area contributed by atoms with Gasteiger partial charge in [0.15, 0.2) is 0 Å². The average molecular weight is 304 g/mol. The SMILES string of the molecule is Cc1ccc(N2C(=O)C3N(C2=O)C(C)(C)SC3(C)C)cc1. The molecular weight excluding hydrogens is 284 g/mol. The highest BCUT2D eigenvalue weighted by atomic mass is 32.2. The van der Waals surface area contributed by atoms with E-state index in [2.05, 4.69) is 0 Å². The van der Waals surface area contributed by atoms with Crippen LogP contribution in [-0.2, 0) is 4.79 Å². The fourth-order valence-electron chi connectivity index (χ4n) is 3.37. The first kappa shape index (κ1) is 14.4. The molecule has 2 fully saturated rings. The molecule has 2 aliphatic rings. The number of anilines is 1. The number of urea groups is 1. The van der Waals surface area contributed by atoms with Crippen LogP contribution in [0.2, 0.25) is 0 Å². The third kappa shape index (κ3) is 1.98. The molecule has 1 atom stereocenters. The highest BCUT2D eigenvalue weighted by Crippen LogP contribution is 2.54. The van der Waals surface area contributed by atoms with Crippen molar-refractivity contribution >= 4 is 29.4 Å². The Morgan fingerprint density at radius 1 is 1.05 bits per heavy atom. The Balaban J connectivity index is 2.06. The molecule has 3 rings (SSSR count). The number of hydrogen-bond acceptors (Lipinski definition) is 3. The lowest BCUT2D eigenvalue weighted by atomic mass is 10.0. The van der Waals surface area contributed by atoms with E-state index in [1.165, 1.54) is 4.90 Å². The van der Waals surface area contributed by atoms with Crippen molar-refractivity contribution in [3.63, 3.8) is 0 Å². The van der Waals surface area contributed by atoms with Gasteiger partial charge >= 0.3 is 6.03 Å². The predicted molar refractivity (Wildman–Crippen MR) is 85.4 cm³/mol. The summed E-state index contributed by atoms with van der Waals surface area (Å²) in [7, 11) is 0. The molecule has 3 amide bonds. The Hall–Kier alpha value is -1.49. The number of amides is 3. The summed E-state index contributed by atoms with van der Waals surface area (Å²) in [5.74, 6) is -0.119. The maximum atomic E-state index is 12.8. The maximum Gasteiger partial charge on any atom is 0.333 e. The number of carbonyl (C=O) groups is 2. The Morgan fingerprint density at radius 3 is 2.14 bits per heavy atom. The minimum Gasteiger partial charge on any atom is -0.296 e. The van der Waals surface area contributed by atoms with Gasteiger partial charge in [-0.1, -0.05) is 17.7 Å². The van der Waals surface area contributed by atoms with Crippen LogP contribution in [0.25, 0.3) is 0 Å². The van der Waals surface area contributed by atoms with Crippen LogP contribution in [0.5, 0.6) is 0 Å². The lowest BCUT2D eigenvalue weighted by Crippen LogP contribution is -2.45. The van der Waals surface area contributed by atoms with Gasteiger partial charge in [-0.25, -0.2) is 9.69 Å². The Kier molecular flexibility index (Phi) is 2.93. The standard InChI is InChI=1S/C16H20N2O2S/c1-10-6-8-11(9-7-10)17-13(19)12-15(2,3)21-16(4,5)18(12)14(17)20/h6-9,12H,1-5H3. The maximum absolute atomic E-state index is 12.8. The first-order valence-electron chi connectivity index (χ1n) is 7.09. The number of nitrogens with zero attached hydrogens (tertiary/aromatic N) is 2. The zero-order chi connectivity index (χ0) is 15.6. The number of carbonyl (C=O) groups excluding carboxylic acids is 2. The van der Waals surface area contributed by atoms with Crippen LogP contribution in [0.15, 0.2) is 24.3 Å². The van der Waals surface area contributed by atoms with Crippen LogP contribution in [0.1, 0.15) is 33.3 Å². The van der Waals surface area contributed by atoms with Crippen LogP contribution >= 0.6 is 11.8 Å². The molecule has 0 saturated carbocycles. The molecule has 2 heterocycles. The van der Waals surface area contributed by atoms with E-state index in [0.29, 0.717) is 5.69 Å². The lowest BCUT2D eigenvalue weighted by molar-refractivity contribution is -0.120. The van der Waals surface area contributed by atoms with Crippen molar-refractivity contribution in [1.29, 1.82) is 0 Å². The summed E-state index contributed by atoms with van der Waals surface area (Å²) in [6, 6.07) is 6.90. The molecule has 0 aromatic heterocycles. The number of benzene rings is 1. The molecule has 0 aliphatic carbocycles. The molecule has 0 spiro atoms. The summed E-state index contributed by atoms with van der Waals surface area (Å²) in [5.41, 5.74) is 1.76. The van der Waals surface area contributed by atoms with E-state index < -0.39 is 6.04 Å². The molecule has 1 unspecified atom stereocenters. The molecule has 0 bridgehead atoms. The minimum atomic E-state index is -0.397. The summed E-state index contributed by atoms with van der Waals surface area (Å²) in [4.78, 5) is 28.3. The van der Waals surface area contributed by atoms with Gasteiger partial charge in [-0.3, -0.25) is 9.69 Å². The molecule has 1 aromatic rings. The van der Waals surface area contributed by atoms with Gasteiger partial charge in [0.2, 0.25) is 0 Å². The lowest BCUT2D eigenvalue weighted by Gasteiger charge is -2.29. The number of imide groups is 1. The van der Waals surface area contributed by atoms with Crippen molar-refractivity contribution in [2.75, 3.05) is 4.90 Å². The highest BCUT2D eigenvalue weighted by Gasteiger charge is 2.63. The fourth-order valence-corrected chi connectivity index (χ4v) is 5.26. The van der Waals surface area contributed by atoms with E-state index in [0.717, 1.165) is 5.56 Å². The van der Waals surface area contributed by atoms with Gasteiger partial charge in [0.25, 0.3) is 5.91 Å². The second-order valence-electron chi connectivity index (χ2n) is 6.72. The Bertz CT molecular complexity index is 590. The van der Waals surface area contributed by atoms with Crippen molar-refractivity contribution in [3.8, 4) is 0 Å². The van der Waals surface area contributed by atoms with Gasteiger partial charge in [0.1, 0.15) is 6.04 Å². The Labute approximate surface area is 129 Å². The predicted octanol–water partition coefficient (Wildman–Crippen LogP) is 3.39. The van der Waals surface area contributed by atoms with Crippen LogP contribution in [0, 0.1) is 6.92 Å². The van der Waals surface area contributed by atoms with Crippen LogP contribution in [0.4, 0.5) is 10.5 Å². The van der Waals surface area contributed by atoms with Gasteiger partial charge in [-0.15, -0.1) is 11.8 Å². The smallest absolute Gasteiger partial charge is 0.296 e. The van der Waals surface area contributed by atoms with Gasteiger partial charge in [0, 0.05) is 4.75 Å². The molecular formula is C16H20N2O2S. The van der Waals surface area contributed by atoms with Crippen LogP contribution in [-0.4, -0.2) is 32.5 Å². The van der Waals surface area contributed by atoms with E-state index in [-0.39, 0.29) is 21.6 Å². The van der Waals surface area contributed by atoms with Gasteiger partial charge in [-0.2, -0.15) is 0 Å². The summed E-state index contributed by atoms with van der Waals surface area (Å²) < 4.78 is -0.282. The largest absolute Gasteiger partial charge is 0.333 e. The topological polar surface area (TPSA) is 40.6 Å². The van der Waals surface area contributed by atoms with E-state index in [1.54, 1.807) is 16.7 Å². The van der Waals surface area contributed by atoms with Crippen molar-refractivity contribution in [1.82, 2.24) is 4.90 Å². The second-order valence-corrected chi connectivity index (χ2v) is 8.97. The second kappa shape index (κ2) is 4.26. The zero-order valence-electron chi connectivity index (χ0n) is 13.0. The summed E-state index contributed by atoms with van der Waals surface area (Å²) in [5, 5.41) is 0. The molecule has 2 aliphatic heterocycles. The normalized spacial score (nSPS) is 26.4. The van der Waals surface area contributed by atoms with Crippen LogP contribution in [0.3, 0.4) is 0 Å². The first-order chi connectivity index (χ1) is 9.65. The number of thioether (sulfide) groups is 1. The highest BCUT2D eigenvalue weighted by molar-refractivity contribution is 8.02. The number of aryl methyl sites for hydroxylation is 1. The quantitative estimate of drug-likeness (QED) is 0.747. The molecule has 4 nitrogen and oxygen atoms in total. The third-order valence-corrected chi connectivity index (χ3v) is 5.60. The Morgan fingerprint density at radius 2 is 1.62 bits per heavy atom. The van der Waals surface area contributed by atoms with E-state index in [9.17, 15) is 9.59 Å². The van der Waals surface area contributed by atoms with Crippen LogP contribution < -0.4 is 4.90 Å². The number of fused-ring (bicyclic) bond motifs is 1. The summed E-state index contributed by atoms with van der Waals surface area (Å²) in [6.45, 7) is 10.1. The molecule has 5 heteroatoms. The van der Waals surface area contributed by atoms with E-state index in [1.807, 2.05) is 58.9 Å². The van der Waals surface area contributed by atoms with E-state index >= 15 is 0 Å². The van der Waals surface area contributed by atoms with Crippen molar-refractivity contribution in [3.05, 3.63) is 29.8 Å². The van der Waals surface area contributed by atoms with Crippen molar-refractivity contribution in [2.24, 2.45) is 0 Å². The summed E-state index contributed by atoms with van der Waals surface area (Å²) in [6.07, 6.45) is 0.